The second-order valence-corrected chi connectivity index (χ2v) is 8.69. The van der Waals surface area contributed by atoms with E-state index >= 15 is 0 Å². The van der Waals surface area contributed by atoms with Crippen LogP contribution >= 0.6 is 11.3 Å². The van der Waals surface area contributed by atoms with Crippen LogP contribution in [0.5, 0.6) is 0 Å². The number of para-hydroxylation sites is 1. The summed E-state index contributed by atoms with van der Waals surface area (Å²) in [6.07, 6.45) is 1.70. The van der Waals surface area contributed by atoms with Gasteiger partial charge in [0.25, 0.3) is 5.91 Å². The van der Waals surface area contributed by atoms with E-state index in [4.69, 9.17) is 0 Å². The lowest BCUT2D eigenvalue weighted by Gasteiger charge is -2.18. The molecule has 0 aliphatic rings. The Balaban J connectivity index is 1.43. The maximum absolute atomic E-state index is 12.8. The van der Waals surface area contributed by atoms with Crippen LogP contribution in [0.2, 0.25) is 0 Å². The lowest BCUT2D eigenvalue weighted by molar-refractivity contribution is 0.102. The van der Waals surface area contributed by atoms with Crippen LogP contribution in [0.15, 0.2) is 89.3 Å². The van der Waals surface area contributed by atoms with E-state index < -0.39 is 11.0 Å². The summed E-state index contributed by atoms with van der Waals surface area (Å²) in [6.45, 7) is 0. The highest BCUT2D eigenvalue weighted by molar-refractivity contribution is 7.86. The van der Waals surface area contributed by atoms with Gasteiger partial charge >= 0.3 is 0 Å². The molecule has 1 amide bonds. The van der Waals surface area contributed by atoms with Gasteiger partial charge < -0.3 is 0 Å². The Hall–Kier alpha value is -3.36. The molecule has 1 N–H and O–H groups in total. The molecule has 2 aromatic carbocycles. The van der Waals surface area contributed by atoms with Crippen LogP contribution in [-0.2, 0) is 11.0 Å². The molecule has 0 radical (unpaired) electrons. The monoisotopic (exact) mass is 434 g/mol. The highest BCUT2D eigenvalue weighted by Crippen LogP contribution is 2.24. The molecule has 1 unspecified atom stereocenters. The first-order valence-corrected chi connectivity index (χ1v) is 11.1. The van der Waals surface area contributed by atoms with Gasteiger partial charge in [-0.2, -0.15) is 0 Å². The van der Waals surface area contributed by atoms with Crippen molar-refractivity contribution in [3.8, 4) is 11.4 Å². The van der Waals surface area contributed by atoms with Crippen molar-refractivity contribution < 1.29 is 9.00 Å². The van der Waals surface area contributed by atoms with E-state index in [1.165, 1.54) is 11.3 Å². The summed E-state index contributed by atoms with van der Waals surface area (Å²) in [6, 6.07) is 21.8. The standard InChI is InChI=1S/C22H18N4O2S2/c1-26(17-7-3-2-4-8-17)30(28)18-12-10-16(11-13-18)21(27)25-22-24-20(15-29-22)19-9-5-6-14-23-19/h2-15H,1H3,(H,24,25,27). The number of carbonyl (C=O) groups excluding carboxylic acids is 1. The van der Waals surface area contributed by atoms with Crippen molar-refractivity contribution in [2.75, 3.05) is 16.7 Å². The van der Waals surface area contributed by atoms with Gasteiger partial charge in [-0.1, -0.05) is 24.3 Å². The number of benzene rings is 2. The highest BCUT2D eigenvalue weighted by atomic mass is 32.2. The average molecular weight is 435 g/mol. The van der Waals surface area contributed by atoms with E-state index in [-0.39, 0.29) is 5.91 Å². The SMILES string of the molecule is CN(c1ccccc1)S(=O)c1ccc(C(=O)Nc2nc(-c3ccccn3)cs2)cc1. The van der Waals surface area contributed by atoms with Crippen LogP contribution in [0, 0.1) is 0 Å². The molecule has 2 heterocycles. The molecule has 0 saturated heterocycles. The number of anilines is 2. The fourth-order valence-corrected chi connectivity index (χ4v) is 4.44. The number of pyridine rings is 1. The fraction of sp³-hybridized carbons (Fsp3) is 0.0455. The lowest BCUT2D eigenvalue weighted by atomic mass is 10.2. The first-order valence-electron chi connectivity index (χ1n) is 9.11. The fourth-order valence-electron chi connectivity index (χ4n) is 2.75. The number of rotatable bonds is 6. The maximum Gasteiger partial charge on any atom is 0.257 e. The lowest BCUT2D eigenvalue weighted by Crippen LogP contribution is -2.20. The molecule has 8 heteroatoms. The molecule has 0 spiro atoms. The van der Waals surface area contributed by atoms with Crippen LogP contribution in [0.4, 0.5) is 10.8 Å². The molecule has 4 rings (SSSR count). The Kier molecular flexibility index (Phi) is 5.97. The van der Waals surface area contributed by atoms with Gasteiger partial charge in [-0.05, 0) is 48.5 Å². The number of nitrogens with zero attached hydrogens (tertiary/aromatic N) is 3. The Morgan fingerprint density at radius 2 is 1.70 bits per heavy atom. The van der Waals surface area contributed by atoms with Crippen molar-refractivity contribution >= 4 is 39.0 Å². The molecule has 2 aromatic heterocycles. The number of thiazole rings is 1. The number of amides is 1. The van der Waals surface area contributed by atoms with Gasteiger partial charge in [-0.25, -0.2) is 9.19 Å². The van der Waals surface area contributed by atoms with Crippen molar-refractivity contribution in [1.82, 2.24) is 9.97 Å². The van der Waals surface area contributed by atoms with Gasteiger partial charge in [0.1, 0.15) is 5.69 Å². The zero-order chi connectivity index (χ0) is 20.9. The first kappa shape index (κ1) is 19.9. The number of hydrogen-bond acceptors (Lipinski definition) is 5. The van der Waals surface area contributed by atoms with E-state index in [1.807, 2.05) is 53.9 Å². The Morgan fingerprint density at radius 1 is 0.967 bits per heavy atom. The predicted octanol–water partition coefficient (Wildman–Crippen LogP) is 4.62. The normalized spacial score (nSPS) is 11.6. The van der Waals surface area contributed by atoms with Crippen LogP contribution in [0.1, 0.15) is 10.4 Å². The Bertz CT molecular complexity index is 1160. The van der Waals surface area contributed by atoms with Crippen LogP contribution < -0.4 is 9.62 Å². The molecule has 0 bridgehead atoms. The van der Waals surface area contributed by atoms with Gasteiger partial charge in [-0.3, -0.25) is 19.4 Å². The summed E-state index contributed by atoms with van der Waals surface area (Å²) in [5.41, 5.74) is 2.78. The minimum atomic E-state index is -1.37. The third kappa shape index (κ3) is 4.45. The Labute approximate surface area is 180 Å². The number of carbonyl (C=O) groups is 1. The molecule has 0 aliphatic heterocycles. The summed E-state index contributed by atoms with van der Waals surface area (Å²) >= 11 is 1.34. The Morgan fingerprint density at radius 3 is 2.40 bits per heavy atom. The molecule has 150 valence electrons. The smallest absolute Gasteiger partial charge is 0.257 e. The number of hydrogen-bond donors (Lipinski definition) is 1. The summed E-state index contributed by atoms with van der Waals surface area (Å²) in [4.78, 5) is 21.8. The third-order valence-corrected chi connectivity index (χ3v) is 6.48. The van der Waals surface area contributed by atoms with Gasteiger partial charge in [0.15, 0.2) is 16.1 Å². The quantitative estimate of drug-likeness (QED) is 0.481. The van der Waals surface area contributed by atoms with Crippen LogP contribution in [0.25, 0.3) is 11.4 Å². The topological polar surface area (TPSA) is 75.2 Å². The predicted molar refractivity (Wildman–Crippen MR) is 121 cm³/mol. The highest BCUT2D eigenvalue weighted by Gasteiger charge is 2.14. The van der Waals surface area contributed by atoms with E-state index in [0.717, 1.165) is 11.4 Å². The molecular weight excluding hydrogens is 416 g/mol. The summed E-state index contributed by atoms with van der Waals surface area (Å²) < 4.78 is 14.5. The van der Waals surface area contributed by atoms with Crippen molar-refractivity contribution in [3.05, 3.63) is 89.9 Å². The molecule has 0 saturated carbocycles. The summed E-state index contributed by atoms with van der Waals surface area (Å²) in [7, 11) is 0.399. The summed E-state index contributed by atoms with van der Waals surface area (Å²) in [5.74, 6) is -0.273. The maximum atomic E-state index is 12.8. The molecule has 0 aliphatic carbocycles. The first-order chi connectivity index (χ1) is 14.6. The molecule has 6 nitrogen and oxygen atoms in total. The van der Waals surface area contributed by atoms with Gasteiger partial charge in [-0.15, -0.1) is 11.3 Å². The minimum Gasteiger partial charge on any atom is -0.298 e. The average Bonchev–Trinajstić information content (AvgIpc) is 3.28. The van der Waals surface area contributed by atoms with Crippen molar-refractivity contribution in [1.29, 1.82) is 0 Å². The van der Waals surface area contributed by atoms with Crippen molar-refractivity contribution in [2.45, 2.75) is 4.90 Å². The van der Waals surface area contributed by atoms with Gasteiger partial charge in [0.05, 0.1) is 10.6 Å². The zero-order valence-corrected chi connectivity index (χ0v) is 17.7. The number of aromatic nitrogens is 2. The second kappa shape index (κ2) is 8.98. The van der Waals surface area contributed by atoms with Crippen LogP contribution in [0.3, 0.4) is 0 Å². The van der Waals surface area contributed by atoms with Gasteiger partial charge in [0, 0.05) is 29.9 Å². The third-order valence-electron chi connectivity index (χ3n) is 4.34. The molecule has 1 atom stereocenters. The summed E-state index contributed by atoms with van der Waals surface area (Å²) in [5, 5.41) is 5.15. The molecule has 30 heavy (non-hydrogen) atoms. The van der Waals surface area contributed by atoms with Crippen molar-refractivity contribution in [2.24, 2.45) is 0 Å². The number of nitrogens with one attached hydrogen (secondary N) is 1. The largest absolute Gasteiger partial charge is 0.298 e. The zero-order valence-electron chi connectivity index (χ0n) is 16.1. The molecule has 4 aromatic rings. The molecular formula is C22H18N4O2S2. The second-order valence-electron chi connectivity index (χ2n) is 6.31. The van der Waals surface area contributed by atoms with E-state index in [1.54, 1.807) is 41.8 Å². The van der Waals surface area contributed by atoms with E-state index in [0.29, 0.717) is 21.3 Å². The minimum absolute atomic E-state index is 0.273. The van der Waals surface area contributed by atoms with Crippen LogP contribution in [-0.4, -0.2) is 27.1 Å². The molecule has 0 fully saturated rings. The van der Waals surface area contributed by atoms with E-state index in [2.05, 4.69) is 15.3 Å². The van der Waals surface area contributed by atoms with Gasteiger partial charge in [0.2, 0.25) is 0 Å². The van der Waals surface area contributed by atoms with E-state index in [9.17, 15) is 9.00 Å². The van der Waals surface area contributed by atoms with Crippen molar-refractivity contribution in [3.63, 3.8) is 0 Å².